The fourth-order valence-corrected chi connectivity index (χ4v) is 2.97. The summed E-state index contributed by atoms with van der Waals surface area (Å²) in [6, 6.07) is 19.3. The predicted molar refractivity (Wildman–Crippen MR) is 120 cm³/mol. The van der Waals surface area contributed by atoms with Gasteiger partial charge < -0.3 is 10.1 Å². The molecule has 0 spiro atoms. The van der Waals surface area contributed by atoms with Crippen LogP contribution >= 0.6 is 15.9 Å². The lowest BCUT2D eigenvalue weighted by atomic mass is 10.1. The van der Waals surface area contributed by atoms with Gasteiger partial charge in [0.1, 0.15) is 0 Å². The van der Waals surface area contributed by atoms with E-state index in [1.165, 1.54) is 6.08 Å². The average molecular weight is 479 g/mol. The van der Waals surface area contributed by atoms with E-state index in [-0.39, 0.29) is 13.0 Å². The smallest absolute Gasteiger partial charge is 0.331 e. The summed E-state index contributed by atoms with van der Waals surface area (Å²) in [6.07, 6.45) is 4.89. The Hall–Kier alpha value is -3.70. The average Bonchev–Trinajstić information content (AvgIpc) is 3.22. The molecule has 1 amide bonds. The van der Waals surface area contributed by atoms with Gasteiger partial charge in [-0.25, -0.2) is 9.48 Å². The number of para-hydroxylation sites is 1. The molecule has 1 aromatic heterocycles. The number of halogens is 1. The Labute approximate surface area is 188 Å². The molecule has 0 aliphatic rings. The molecule has 0 aliphatic heterocycles. The second-order valence-corrected chi connectivity index (χ2v) is 7.33. The maximum atomic E-state index is 12.0. The lowest BCUT2D eigenvalue weighted by Gasteiger charge is -2.03. The highest BCUT2D eigenvalue weighted by molar-refractivity contribution is 9.10. The van der Waals surface area contributed by atoms with Gasteiger partial charge in [0.2, 0.25) is 0 Å². The number of ether oxygens (including phenoxy) is 1. The molecule has 3 aromatic rings. The van der Waals surface area contributed by atoms with Gasteiger partial charge in [-0.3, -0.25) is 4.79 Å². The Morgan fingerprint density at radius 2 is 1.90 bits per heavy atom. The number of carbonyl (C=O) groups is 2. The first-order chi connectivity index (χ1) is 15.1. The summed E-state index contributed by atoms with van der Waals surface area (Å²) in [7, 11) is 0. The molecule has 3 rings (SSSR count). The van der Waals surface area contributed by atoms with E-state index in [4.69, 9.17) is 10.00 Å². The van der Waals surface area contributed by atoms with Crippen LogP contribution in [0.25, 0.3) is 23.0 Å². The maximum Gasteiger partial charge on any atom is 0.331 e. The van der Waals surface area contributed by atoms with Crippen molar-refractivity contribution in [3.05, 3.63) is 76.9 Å². The van der Waals surface area contributed by atoms with E-state index in [2.05, 4.69) is 26.3 Å². The van der Waals surface area contributed by atoms with Gasteiger partial charge in [0.05, 0.1) is 23.9 Å². The topological polar surface area (TPSA) is 97.0 Å². The zero-order valence-corrected chi connectivity index (χ0v) is 18.1. The highest BCUT2D eigenvalue weighted by Crippen LogP contribution is 2.26. The van der Waals surface area contributed by atoms with Gasteiger partial charge in [-0.1, -0.05) is 46.3 Å². The van der Waals surface area contributed by atoms with Crippen LogP contribution in [-0.2, 0) is 14.3 Å². The molecule has 0 aliphatic carbocycles. The number of rotatable bonds is 8. The number of carbonyl (C=O) groups excluding carboxylic acids is 2. The molecular weight excluding hydrogens is 460 g/mol. The minimum Gasteiger partial charge on any atom is -0.452 e. The van der Waals surface area contributed by atoms with Crippen molar-refractivity contribution in [2.75, 3.05) is 13.2 Å². The normalized spacial score (nSPS) is 10.6. The molecule has 8 heteroatoms. The Morgan fingerprint density at radius 3 is 2.61 bits per heavy atom. The molecule has 156 valence electrons. The van der Waals surface area contributed by atoms with Crippen LogP contribution in [0.4, 0.5) is 0 Å². The van der Waals surface area contributed by atoms with E-state index in [9.17, 15) is 9.59 Å². The second-order valence-electron chi connectivity index (χ2n) is 6.42. The van der Waals surface area contributed by atoms with E-state index >= 15 is 0 Å². The number of aromatic nitrogens is 2. The van der Waals surface area contributed by atoms with Crippen molar-refractivity contribution >= 4 is 33.9 Å². The standard InChI is InChI=1S/C23H19BrN4O3/c24-19-10-7-17(8-11-19)23-18(15-28(27-23)20-5-2-1-3-6-20)9-12-22(30)31-16-21(29)26-14-4-13-25/h1-3,5-12,15H,4,14,16H2,(H,26,29)/b12-9+. The molecule has 7 nitrogen and oxygen atoms in total. The third-order valence-corrected chi connectivity index (χ3v) is 4.71. The van der Waals surface area contributed by atoms with Crippen molar-refractivity contribution in [2.45, 2.75) is 6.42 Å². The Morgan fingerprint density at radius 1 is 1.16 bits per heavy atom. The molecule has 0 fully saturated rings. The molecule has 31 heavy (non-hydrogen) atoms. The van der Waals surface area contributed by atoms with Crippen LogP contribution in [0, 0.1) is 11.3 Å². The fourth-order valence-electron chi connectivity index (χ4n) is 2.71. The van der Waals surface area contributed by atoms with Gasteiger partial charge in [-0.05, 0) is 30.3 Å². The number of esters is 1. The van der Waals surface area contributed by atoms with Crippen LogP contribution < -0.4 is 5.32 Å². The van der Waals surface area contributed by atoms with E-state index in [0.717, 1.165) is 21.3 Å². The van der Waals surface area contributed by atoms with Crippen LogP contribution in [0.3, 0.4) is 0 Å². The number of benzene rings is 2. The number of hydrogen-bond donors (Lipinski definition) is 1. The first-order valence-electron chi connectivity index (χ1n) is 9.46. The third-order valence-electron chi connectivity index (χ3n) is 4.18. The number of amides is 1. The summed E-state index contributed by atoms with van der Waals surface area (Å²) in [4.78, 5) is 23.6. The number of nitriles is 1. The number of nitrogens with zero attached hydrogens (tertiary/aromatic N) is 3. The minimum absolute atomic E-state index is 0.198. The SMILES string of the molecule is N#CCCNC(=O)COC(=O)/C=C/c1cn(-c2ccccc2)nc1-c1ccc(Br)cc1. The van der Waals surface area contributed by atoms with Gasteiger partial charge >= 0.3 is 5.97 Å². The number of hydrogen-bond acceptors (Lipinski definition) is 5. The zero-order chi connectivity index (χ0) is 22.1. The summed E-state index contributed by atoms with van der Waals surface area (Å²) < 4.78 is 7.65. The maximum absolute atomic E-state index is 12.0. The van der Waals surface area contributed by atoms with E-state index in [1.807, 2.05) is 66.9 Å². The van der Waals surface area contributed by atoms with E-state index < -0.39 is 18.5 Å². The highest BCUT2D eigenvalue weighted by atomic mass is 79.9. The quantitative estimate of drug-likeness (QED) is 0.301. The van der Waals surface area contributed by atoms with Crippen molar-refractivity contribution in [1.82, 2.24) is 15.1 Å². The molecule has 1 heterocycles. The van der Waals surface area contributed by atoms with Gasteiger partial charge in [0.25, 0.3) is 5.91 Å². The minimum atomic E-state index is -0.648. The van der Waals surface area contributed by atoms with Crippen LogP contribution in [0.15, 0.2) is 71.3 Å². The summed E-state index contributed by atoms with van der Waals surface area (Å²) in [5.41, 5.74) is 3.20. The lowest BCUT2D eigenvalue weighted by molar-refractivity contribution is -0.143. The fraction of sp³-hybridized carbons (Fsp3) is 0.130. The molecule has 0 saturated carbocycles. The Kier molecular flexibility index (Phi) is 7.73. The highest BCUT2D eigenvalue weighted by Gasteiger charge is 2.11. The zero-order valence-electron chi connectivity index (χ0n) is 16.5. The predicted octanol–water partition coefficient (Wildman–Crippen LogP) is 3.89. The first-order valence-corrected chi connectivity index (χ1v) is 10.3. The number of nitrogens with one attached hydrogen (secondary N) is 1. The molecule has 0 bridgehead atoms. The van der Waals surface area contributed by atoms with Crippen LogP contribution in [0.2, 0.25) is 0 Å². The summed E-state index contributed by atoms with van der Waals surface area (Å²) in [5.74, 6) is -1.10. The monoisotopic (exact) mass is 478 g/mol. The van der Waals surface area contributed by atoms with Crippen LogP contribution in [-0.4, -0.2) is 34.8 Å². The van der Waals surface area contributed by atoms with Crippen molar-refractivity contribution < 1.29 is 14.3 Å². The summed E-state index contributed by atoms with van der Waals surface area (Å²) in [6.45, 7) is -0.185. The van der Waals surface area contributed by atoms with Gasteiger partial charge in [-0.15, -0.1) is 0 Å². The van der Waals surface area contributed by atoms with Gasteiger partial charge in [0, 0.05) is 34.4 Å². The van der Waals surface area contributed by atoms with E-state index in [0.29, 0.717) is 5.69 Å². The van der Waals surface area contributed by atoms with Crippen LogP contribution in [0.1, 0.15) is 12.0 Å². The van der Waals surface area contributed by atoms with Gasteiger partial charge in [0.15, 0.2) is 6.61 Å². The molecule has 1 N–H and O–H groups in total. The summed E-state index contributed by atoms with van der Waals surface area (Å²) >= 11 is 3.43. The molecular formula is C23H19BrN4O3. The third kappa shape index (κ3) is 6.39. The molecule has 0 atom stereocenters. The molecule has 0 saturated heterocycles. The van der Waals surface area contributed by atoms with Gasteiger partial charge in [-0.2, -0.15) is 10.4 Å². The van der Waals surface area contributed by atoms with Crippen molar-refractivity contribution in [3.8, 4) is 23.0 Å². The Bertz CT molecular complexity index is 1120. The van der Waals surface area contributed by atoms with Crippen molar-refractivity contribution in [2.24, 2.45) is 0 Å². The molecule has 0 radical (unpaired) electrons. The first kappa shape index (κ1) is 22.0. The summed E-state index contributed by atoms with van der Waals surface area (Å²) in [5, 5.41) is 15.6. The molecule has 2 aromatic carbocycles. The van der Waals surface area contributed by atoms with Crippen molar-refractivity contribution in [1.29, 1.82) is 5.26 Å². The van der Waals surface area contributed by atoms with Crippen LogP contribution in [0.5, 0.6) is 0 Å². The Balaban J connectivity index is 1.76. The van der Waals surface area contributed by atoms with Crippen molar-refractivity contribution in [3.63, 3.8) is 0 Å². The molecule has 0 unspecified atom stereocenters. The lowest BCUT2D eigenvalue weighted by Crippen LogP contribution is -2.29. The second kappa shape index (κ2) is 10.9. The van der Waals surface area contributed by atoms with E-state index in [1.54, 1.807) is 10.8 Å². The largest absolute Gasteiger partial charge is 0.452 e.